The first kappa shape index (κ1) is 19.0. The quantitative estimate of drug-likeness (QED) is 0.611. The van der Waals surface area contributed by atoms with Crippen molar-refractivity contribution in [2.45, 2.75) is 30.5 Å². The van der Waals surface area contributed by atoms with Gasteiger partial charge in [-0.1, -0.05) is 19.9 Å². The van der Waals surface area contributed by atoms with Crippen LogP contribution in [0.5, 0.6) is 0 Å². The van der Waals surface area contributed by atoms with E-state index in [0.717, 1.165) is 22.0 Å². The first-order valence-electron chi connectivity index (χ1n) is 8.63. The van der Waals surface area contributed by atoms with Crippen molar-refractivity contribution in [1.82, 2.24) is 14.7 Å². The number of nitrogens with one attached hydrogen (secondary N) is 1. The number of carbonyl (C=O) groups is 2. The molecule has 0 saturated heterocycles. The van der Waals surface area contributed by atoms with Gasteiger partial charge in [0.2, 0.25) is 0 Å². The zero-order valence-corrected chi connectivity index (χ0v) is 15.9. The lowest BCUT2D eigenvalue weighted by Gasteiger charge is -2.17. The summed E-state index contributed by atoms with van der Waals surface area (Å²) in [5.41, 5.74) is 2.34. The number of carbonyl (C=O) groups excluding carboxylic acids is 1. The Morgan fingerprint density at radius 1 is 1.19 bits per heavy atom. The molecule has 0 saturated carbocycles. The van der Waals surface area contributed by atoms with Crippen LogP contribution in [-0.2, 0) is 10.5 Å². The van der Waals surface area contributed by atoms with E-state index in [-0.39, 0.29) is 11.8 Å². The van der Waals surface area contributed by atoms with Gasteiger partial charge in [0.05, 0.1) is 5.69 Å². The van der Waals surface area contributed by atoms with Gasteiger partial charge in [-0.25, -0.2) is 9.78 Å². The van der Waals surface area contributed by atoms with Crippen LogP contribution in [0.4, 0.5) is 0 Å². The lowest BCUT2D eigenvalue weighted by molar-refractivity contribution is -0.140. The lowest BCUT2D eigenvalue weighted by atomic mass is 10.0. The maximum atomic E-state index is 12.3. The van der Waals surface area contributed by atoms with Crippen molar-refractivity contribution < 1.29 is 14.7 Å². The fraction of sp³-hybridized carbons (Fsp3) is 0.250. The van der Waals surface area contributed by atoms with E-state index in [4.69, 9.17) is 0 Å². The molecule has 7 heteroatoms. The number of nitrogens with zero attached hydrogens (tertiary/aromatic N) is 2. The summed E-state index contributed by atoms with van der Waals surface area (Å²) in [6, 6.07) is 12.1. The summed E-state index contributed by atoms with van der Waals surface area (Å²) in [7, 11) is 0. The number of thioether (sulfide) groups is 1. The van der Waals surface area contributed by atoms with Crippen LogP contribution in [0, 0.1) is 5.92 Å². The molecule has 1 amide bonds. The Kier molecular flexibility index (Phi) is 5.81. The number of rotatable bonds is 7. The van der Waals surface area contributed by atoms with E-state index in [1.54, 1.807) is 37.7 Å². The Labute approximate surface area is 161 Å². The Morgan fingerprint density at radius 2 is 1.93 bits per heavy atom. The van der Waals surface area contributed by atoms with Gasteiger partial charge < -0.3 is 14.8 Å². The fourth-order valence-electron chi connectivity index (χ4n) is 2.65. The number of imidazole rings is 1. The Morgan fingerprint density at radius 3 is 2.56 bits per heavy atom. The molecule has 27 heavy (non-hydrogen) atoms. The third kappa shape index (κ3) is 4.68. The van der Waals surface area contributed by atoms with E-state index in [2.05, 4.69) is 10.3 Å². The summed E-state index contributed by atoms with van der Waals surface area (Å²) in [6.07, 6.45) is 3.97. The molecule has 0 radical (unpaired) electrons. The molecule has 3 rings (SSSR count). The van der Waals surface area contributed by atoms with E-state index in [1.165, 1.54) is 0 Å². The Hall–Kier alpha value is -2.80. The number of carboxylic acid groups (broad SMARTS) is 1. The molecule has 0 fully saturated rings. The second kappa shape index (κ2) is 8.26. The SMILES string of the molecule is CC(C)[C@H](NC(=O)c1ccc(SCc2cn3ccccc3n2)cc1)C(=O)O. The molecule has 0 aliphatic rings. The van der Waals surface area contributed by atoms with Crippen LogP contribution in [0.15, 0.2) is 59.8 Å². The largest absolute Gasteiger partial charge is 0.480 e. The van der Waals surface area contributed by atoms with Gasteiger partial charge in [0.15, 0.2) is 0 Å². The average Bonchev–Trinajstić information content (AvgIpc) is 3.07. The molecule has 1 atom stereocenters. The van der Waals surface area contributed by atoms with Crippen molar-refractivity contribution in [3.05, 3.63) is 66.1 Å². The van der Waals surface area contributed by atoms with Gasteiger partial charge >= 0.3 is 5.97 Å². The summed E-state index contributed by atoms with van der Waals surface area (Å²) >= 11 is 1.63. The highest BCUT2D eigenvalue weighted by atomic mass is 32.2. The molecule has 2 N–H and O–H groups in total. The standard InChI is InChI=1S/C20H21N3O3S/c1-13(2)18(20(25)26)22-19(24)14-6-8-16(9-7-14)27-12-15-11-23-10-4-3-5-17(23)21-15/h3-11,13,18H,12H2,1-2H3,(H,22,24)(H,25,26)/t18-/m0/s1. The Bertz CT molecular complexity index is 918. The minimum absolute atomic E-state index is 0.188. The summed E-state index contributed by atoms with van der Waals surface area (Å²) < 4.78 is 1.98. The van der Waals surface area contributed by atoms with Crippen molar-refractivity contribution >= 4 is 29.3 Å². The van der Waals surface area contributed by atoms with Gasteiger partial charge in [0, 0.05) is 28.6 Å². The third-order valence-corrected chi connectivity index (χ3v) is 5.18. The molecule has 2 aromatic heterocycles. The smallest absolute Gasteiger partial charge is 0.326 e. The van der Waals surface area contributed by atoms with Crippen molar-refractivity contribution in [1.29, 1.82) is 0 Å². The van der Waals surface area contributed by atoms with Gasteiger partial charge in [0.1, 0.15) is 11.7 Å². The highest BCUT2D eigenvalue weighted by Gasteiger charge is 2.23. The number of carboxylic acids is 1. The van der Waals surface area contributed by atoms with Gasteiger partial charge in [-0.3, -0.25) is 4.79 Å². The van der Waals surface area contributed by atoms with E-state index in [9.17, 15) is 14.7 Å². The van der Waals surface area contributed by atoms with E-state index < -0.39 is 12.0 Å². The average molecular weight is 383 g/mol. The van der Waals surface area contributed by atoms with Crippen molar-refractivity contribution in [2.24, 2.45) is 5.92 Å². The first-order chi connectivity index (χ1) is 12.9. The number of fused-ring (bicyclic) bond motifs is 1. The highest BCUT2D eigenvalue weighted by Crippen LogP contribution is 2.23. The van der Waals surface area contributed by atoms with Crippen molar-refractivity contribution in [3.8, 4) is 0 Å². The number of hydrogen-bond donors (Lipinski definition) is 2. The van der Waals surface area contributed by atoms with Gasteiger partial charge in [-0.05, 0) is 42.3 Å². The molecule has 0 unspecified atom stereocenters. The molecular weight excluding hydrogens is 362 g/mol. The van der Waals surface area contributed by atoms with E-state index >= 15 is 0 Å². The minimum Gasteiger partial charge on any atom is -0.480 e. The van der Waals surface area contributed by atoms with Crippen LogP contribution in [0.1, 0.15) is 29.9 Å². The van der Waals surface area contributed by atoms with Crippen LogP contribution in [-0.4, -0.2) is 32.4 Å². The number of hydrogen-bond acceptors (Lipinski definition) is 4. The summed E-state index contributed by atoms with van der Waals surface area (Å²) in [5, 5.41) is 11.8. The predicted octanol–water partition coefficient (Wildman–Crippen LogP) is 3.47. The van der Waals surface area contributed by atoms with Crippen molar-refractivity contribution in [2.75, 3.05) is 0 Å². The number of aromatic nitrogens is 2. The number of amides is 1. The molecule has 0 aliphatic heterocycles. The van der Waals surface area contributed by atoms with Gasteiger partial charge in [-0.15, -0.1) is 11.8 Å². The van der Waals surface area contributed by atoms with Crippen LogP contribution < -0.4 is 5.32 Å². The molecule has 2 heterocycles. The van der Waals surface area contributed by atoms with Crippen molar-refractivity contribution in [3.63, 3.8) is 0 Å². The topological polar surface area (TPSA) is 83.7 Å². The maximum absolute atomic E-state index is 12.3. The van der Waals surface area contributed by atoms with Gasteiger partial charge in [0.25, 0.3) is 5.91 Å². The fourth-order valence-corrected chi connectivity index (χ4v) is 3.44. The zero-order chi connectivity index (χ0) is 19.4. The van der Waals surface area contributed by atoms with E-state index in [1.807, 2.05) is 47.1 Å². The van der Waals surface area contributed by atoms with Crippen LogP contribution in [0.2, 0.25) is 0 Å². The summed E-state index contributed by atoms with van der Waals surface area (Å²) in [5.74, 6) is -0.875. The molecule has 140 valence electrons. The lowest BCUT2D eigenvalue weighted by Crippen LogP contribution is -2.44. The minimum atomic E-state index is -1.03. The Balaban J connectivity index is 1.61. The molecule has 1 aromatic carbocycles. The molecule has 0 spiro atoms. The zero-order valence-electron chi connectivity index (χ0n) is 15.1. The molecular formula is C20H21N3O3S. The summed E-state index contributed by atoms with van der Waals surface area (Å²) in [6.45, 7) is 3.52. The van der Waals surface area contributed by atoms with Crippen LogP contribution in [0.25, 0.3) is 5.65 Å². The number of aliphatic carboxylic acids is 1. The number of pyridine rings is 1. The molecule has 3 aromatic rings. The molecule has 6 nitrogen and oxygen atoms in total. The highest BCUT2D eigenvalue weighted by molar-refractivity contribution is 7.98. The number of benzene rings is 1. The van der Waals surface area contributed by atoms with Crippen LogP contribution in [0.3, 0.4) is 0 Å². The maximum Gasteiger partial charge on any atom is 0.326 e. The second-order valence-corrected chi connectivity index (χ2v) is 7.59. The normalized spacial score (nSPS) is 12.3. The monoisotopic (exact) mass is 383 g/mol. The first-order valence-corrected chi connectivity index (χ1v) is 9.62. The second-order valence-electron chi connectivity index (χ2n) is 6.54. The van der Waals surface area contributed by atoms with E-state index in [0.29, 0.717) is 5.56 Å². The van der Waals surface area contributed by atoms with Gasteiger partial charge in [-0.2, -0.15) is 0 Å². The summed E-state index contributed by atoms with van der Waals surface area (Å²) in [4.78, 5) is 29.1. The molecule has 0 aliphatic carbocycles. The predicted molar refractivity (Wildman–Crippen MR) is 105 cm³/mol. The third-order valence-electron chi connectivity index (χ3n) is 4.14. The van der Waals surface area contributed by atoms with Crippen LogP contribution >= 0.6 is 11.8 Å². The molecule has 0 bridgehead atoms.